The van der Waals surface area contributed by atoms with Crippen molar-refractivity contribution in [1.82, 2.24) is 0 Å². The number of allylic oxidation sites excluding steroid dienone is 2. The van der Waals surface area contributed by atoms with Crippen molar-refractivity contribution in [3.63, 3.8) is 0 Å². The first-order valence-corrected chi connectivity index (χ1v) is 8.05. The van der Waals surface area contributed by atoms with E-state index >= 15 is 0 Å². The number of ether oxygens (including phenoxy) is 2. The van der Waals surface area contributed by atoms with Crippen molar-refractivity contribution in [2.24, 2.45) is 17.8 Å². The van der Waals surface area contributed by atoms with Gasteiger partial charge in [0.25, 0.3) is 0 Å². The van der Waals surface area contributed by atoms with E-state index in [-0.39, 0.29) is 11.6 Å². The zero-order valence-corrected chi connectivity index (χ0v) is 12.6. The van der Waals surface area contributed by atoms with Crippen molar-refractivity contribution in [3.8, 4) is 0 Å². The molecule has 1 heterocycles. The Balaban J connectivity index is 1.87. The highest BCUT2D eigenvalue weighted by Gasteiger charge is 2.52. The summed E-state index contributed by atoms with van der Waals surface area (Å²) in [5.41, 5.74) is -0.346. The molecule has 0 aromatic heterocycles. The smallest absolute Gasteiger partial charge is 0.308 e. The molecule has 1 saturated carbocycles. The molecule has 0 aromatic carbocycles. The first-order valence-electron chi connectivity index (χ1n) is 8.05. The van der Waals surface area contributed by atoms with Gasteiger partial charge in [-0.2, -0.15) is 0 Å². The van der Waals surface area contributed by atoms with Crippen molar-refractivity contribution < 1.29 is 14.3 Å². The van der Waals surface area contributed by atoms with E-state index in [0.717, 1.165) is 19.3 Å². The molecule has 0 bridgehead atoms. The molecule has 20 heavy (non-hydrogen) atoms. The fourth-order valence-corrected chi connectivity index (χ4v) is 4.69. The molecular weight excluding hydrogens is 252 g/mol. The van der Waals surface area contributed by atoms with E-state index in [1.165, 1.54) is 26.4 Å². The van der Waals surface area contributed by atoms with E-state index in [4.69, 9.17) is 9.47 Å². The molecule has 3 rings (SSSR count). The first kappa shape index (κ1) is 14.1. The Labute approximate surface area is 121 Å². The van der Waals surface area contributed by atoms with Crippen LogP contribution in [0.1, 0.15) is 51.9 Å². The highest BCUT2D eigenvalue weighted by molar-refractivity contribution is 5.70. The third-order valence-electron chi connectivity index (χ3n) is 5.64. The van der Waals surface area contributed by atoms with Gasteiger partial charge >= 0.3 is 5.97 Å². The molecule has 3 heteroatoms. The third-order valence-corrected chi connectivity index (χ3v) is 5.64. The van der Waals surface area contributed by atoms with Gasteiger partial charge in [0.1, 0.15) is 0 Å². The van der Waals surface area contributed by atoms with Crippen LogP contribution in [-0.4, -0.2) is 24.8 Å². The average molecular weight is 278 g/mol. The van der Waals surface area contributed by atoms with Crippen molar-refractivity contribution in [1.29, 1.82) is 0 Å². The van der Waals surface area contributed by atoms with Crippen LogP contribution >= 0.6 is 0 Å². The lowest BCUT2D eigenvalue weighted by Gasteiger charge is -2.54. The van der Waals surface area contributed by atoms with Gasteiger partial charge in [0.15, 0.2) is 0 Å². The van der Waals surface area contributed by atoms with Gasteiger partial charge in [-0.05, 0) is 50.4 Å². The van der Waals surface area contributed by atoms with Crippen LogP contribution in [0.25, 0.3) is 0 Å². The van der Waals surface area contributed by atoms with Gasteiger partial charge in [-0.15, -0.1) is 0 Å². The molecular formula is C17H26O3. The van der Waals surface area contributed by atoms with E-state index < -0.39 is 0 Å². The van der Waals surface area contributed by atoms with Crippen LogP contribution in [0.2, 0.25) is 0 Å². The summed E-state index contributed by atoms with van der Waals surface area (Å²) in [5, 5.41) is 0. The minimum Gasteiger partial charge on any atom is -0.469 e. The zero-order chi connectivity index (χ0) is 14.2. The van der Waals surface area contributed by atoms with E-state index in [0.29, 0.717) is 30.3 Å². The maximum absolute atomic E-state index is 11.8. The summed E-state index contributed by atoms with van der Waals surface area (Å²) >= 11 is 0. The van der Waals surface area contributed by atoms with E-state index in [1.54, 1.807) is 0 Å². The lowest BCUT2D eigenvalue weighted by molar-refractivity contribution is -0.213. The Hall–Kier alpha value is -0.830. The average Bonchev–Trinajstić information content (AvgIpc) is 2.47. The fourth-order valence-electron chi connectivity index (χ4n) is 4.69. The first-order chi connectivity index (χ1) is 9.64. The summed E-state index contributed by atoms with van der Waals surface area (Å²) in [5.74, 6) is 1.58. The topological polar surface area (TPSA) is 35.5 Å². The molecule has 0 spiro atoms. The minimum absolute atomic E-state index is 0.143. The lowest BCUT2D eigenvalue weighted by atomic mass is 9.61. The van der Waals surface area contributed by atoms with E-state index in [1.807, 2.05) is 0 Å². The molecule has 3 aliphatic rings. The van der Waals surface area contributed by atoms with Crippen LogP contribution in [0, 0.1) is 17.8 Å². The Morgan fingerprint density at radius 1 is 1.35 bits per heavy atom. The van der Waals surface area contributed by atoms with Crippen LogP contribution in [0.5, 0.6) is 0 Å². The normalized spacial score (nSPS) is 43.5. The molecule has 112 valence electrons. The maximum atomic E-state index is 11.8. The standard InChI is InChI=1S/C17H26O3/c1-17(11-16(18)19-2)14-9-5-3-7-12(14)13-8-4-6-10-15(13)20-17/h3,7,12-15H,4-6,8-11H2,1-2H3. The number of methoxy groups -OCH3 is 1. The van der Waals surface area contributed by atoms with Crippen molar-refractivity contribution in [2.75, 3.05) is 7.11 Å². The third kappa shape index (κ3) is 2.41. The van der Waals surface area contributed by atoms with Crippen molar-refractivity contribution in [3.05, 3.63) is 12.2 Å². The molecule has 1 aliphatic heterocycles. The number of fused-ring (bicyclic) bond motifs is 3. The molecule has 2 aliphatic carbocycles. The summed E-state index contributed by atoms with van der Waals surface area (Å²) in [6.45, 7) is 2.13. The maximum Gasteiger partial charge on any atom is 0.308 e. The minimum atomic E-state index is -0.346. The number of carbonyl (C=O) groups excluding carboxylic acids is 1. The highest BCUT2D eigenvalue weighted by Crippen LogP contribution is 2.51. The fraction of sp³-hybridized carbons (Fsp3) is 0.824. The second-order valence-electron chi connectivity index (χ2n) is 6.86. The van der Waals surface area contributed by atoms with E-state index in [2.05, 4.69) is 19.1 Å². The SMILES string of the molecule is COC(=O)CC1(C)OC2CCCCC2C2C=CCCC21. The highest BCUT2D eigenvalue weighted by atomic mass is 16.5. The molecule has 5 atom stereocenters. The van der Waals surface area contributed by atoms with Gasteiger partial charge < -0.3 is 9.47 Å². The largest absolute Gasteiger partial charge is 0.469 e. The molecule has 1 saturated heterocycles. The predicted molar refractivity (Wildman–Crippen MR) is 77.2 cm³/mol. The molecule has 5 unspecified atom stereocenters. The summed E-state index contributed by atoms with van der Waals surface area (Å²) in [6, 6.07) is 0. The second kappa shape index (κ2) is 5.51. The Bertz CT molecular complexity index is 403. The summed E-state index contributed by atoms with van der Waals surface area (Å²) in [6.07, 6.45) is 12.7. The number of hydrogen-bond acceptors (Lipinski definition) is 3. The Morgan fingerprint density at radius 3 is 2.95 bits per heavy atom. The van der Waals surface area contributed by atoms with Gasteiger partial charge in [-0.3, -0.25) is 4.79 Å². The molecule has 2 fully saturated rings. The van der Waals surface area contributed by atoms with Crippen LogP contribution in [0.15, 0.2) is 12.2 Å². The quantitative estimate of drug-likeness (QED) is 0.573. The summed E-state index contributed by atoms with van der Waals surface area (Å²) in [4.78, 5) is 11.8. The monoisotopic (exact) mass is 278 g/mol. The van der Waals surface area contributed by atoms with Crippen LogP contribution in [0.4, 0.5) is 0 Å². The predicted octanol–water partition coefficient (Wildman–Crippen LogP) is 3.48. The van der Waals surface area contributed by atoms with Gasteiger partial charge in [-0.1, -0.05) is 25.0 Å². The van der Waals surface area contributed by atoms with Crippen LogP contribution in [-0.2, 0) is 14.3 Å². The van der Waals surface area contributed by atoms with Gasteiger partial charge in [0.2, 0.25) is 0 Å². The summed E-state index contributed by atoms with van der Waals surface area (Å²) < 4.78 is 11.4. The lowest BCUT2D eigenvalue weighted by Crippen LogP contribution is -2.56. The van der Waals surface area contributed by atoms with Crippen LogP contribution < -0.4 is 0 Å². The number of esters is 1. The number of carbonyl (C=O) groups is 1. The van der Waals surface area contributed by atoms with Gasteiger partial charge in [0.05, 0.1) is 25.2 Å². The van der Waals surface area contributed by atoms with Crippen molar-refractivity contribution >= 4 is 5.97 Å². The van der Waals surface area contributed by atoms with E-state index in [9.17, 15) is 4.79 Å². The Morgan fingerprint density at radius 2 is 2.15 bits per heavy atom. The molecule has 0 aromatic rings. The Kier molecular flexibility index (Phi) is 3.89. The van der Waals surface area contributed by atoms with Crippen molar-refractivity contribution in [2.45, 2.75) is 63.6 Å². The molecule has 0 N–H and O–H groups in total. The zero-order valence-electron chi connectivity index (χ0n) is 12.6. The van der Waals surface area contributed by atoms with Crippen LogP contribution in [0.3, 0.4) is 0 Å². The second-order valence-corrected chi connectivity index (χ2v) is 6.86. The molecule has 0 radical (unpaired) electrons. The molecule has 3 nitrogen and oxygen atoms in total. The van der Waals surface area contributed by atoms with Gasteiger partial charge in [0, 0.05) is 0 Å². The number of hydrogen-bond donors (Lipinski definition) is 0. The number of rotatable bonds is 2. The summed E-state index contributed by atoms with van der Waals surface area (Å²) in [7, 11) is 1.47. The molecule has 0 amide bonds. The van der Waals surface area contributed by atoms with Gasteiger partial charge in [-0.25, -0.2) is 0 Å².